The van der Waals surface area contributed by atoms with Crippen LogP contribution in [0.3, 0.4) is 0 Å². The zero-order chi connectivity index (χ0) is 14.8. The van der Waals surface area contributed by atoms with Crippen molar-refractivity contribution in [3.8, 4) is 5.75 Å². The molecule has 2 rings (SSSR count). The molecule has 0 bridgehead atoms. The maximum absolute atomic E-state index is 9.36. The van der Waals surface area contributed by atoms with Gasteiger partial charge in [0, 0.05) is 39.3 Å². The summed E-state index contributed by atoms with van der Waals surface area (Å²) in [5, 5.41) is 23.3. The second-order valence-corrected chi connectivity index (χ2v) is 5.64. The quantitative estimate of drug-likeness (QED) is 0.486. The normalized spacial score (nSPS) is 17.0. The molecule has 1 aliphatic heterocycles. The van der Waals surface area contributed by atoms with Crippen molar-refractivity contribution in [2.75, 3.05) is 52.4 Å². The zero-order valence-electron chi connectivity index (χ0n) is 14.3. The van der Waals surface area contributed by atoms with E-state index < -0.39 is 0 Å². The van der Waals surface area contributed by atoms with Gasteiger partial charge in [-0.15, -0.1) is 49.6 Å². The average Bonchev–Trinajstić information content (AvgIpc) is 2.52. The van der Waals surface area contributed by atoms with E-state index in [9.17, 15) is 5.11 Å². The highest BCUT2D eigenvalue weighted by Crippen LogP contribution is 2.13. The number of phenolic OH excluding ortho intramolecular Hbond substituents is 1. The lowest BCUT2D eigenvalue weighted by Gasteiger charge is -2.18. The summed E-state index contributed by atoms with van der Waals surface area (Å²) in [6.07, 6.45) is 1.03. The van der Waals surface area contributed by atoms with Gasteiger partial charge < -0.3 is 26.4 Å². The Morgan fingerprint density at radius 2 is 1.08 bits per heavy atom. The van der Waals surface area contributed by atoms with Crippen molar-refractivity contribution >= 4 is 49.6 Å². The molecule has 0 spiro atoms. The molecule has 5 nitrogen and oxygen atoms in total. The third kappa shape index (κ3) is 13.8. The Labute approximate surface area is 176 Å². The monoisotopic (exact) mass is 436 g/mol. The smallest absolute Gasteiger partial charge is 0.115 e. The van der Waals surface area contributed by atoms with Gasteiger partial charge >= 0.3 is 0 Å². The molecule has 25 heavy (non-hydrogen) atoms. The summed E-state index contributed by atoms with van der Waals surface area (Å²) in [4.78, 5) is 0. The van der Waals surface area contributed by atoms with Crippen LogP contribution in [0.15, 0.2) is 24.3 Å². The van der Waals surface area contributed by atoms with E-state index in [1.807, 2.05) is 12.1 Å². The highest BCUT2D eigenvalue weighted by atomic mass is 35.5. The molecule has 0 radical (unpaired) electrons. The van der Waals surface area contributed by atoms with Crippen molar-refractivity contribution in [2.24, 2.45) is 5.92 Å². The van der Waals surface area contributed by atoms with Crippen LogP contribution in [0.25, 0.3) is 0 Å². The third-order valence-corrected chi connectivity index (χ3v) is 3.76. The first kappa shape index (κ1) is 29.8. The van der Waals surface area contributed by atoms with Gasteiger partial charge in [-0.25, -0.2) is 0 Å². The number of benzene rings is 1. The first-order valence-corrected chi connectivity index (χ1v) is 7.95. The van der Waals surface area contributed by atoms with Crippen LogP contribution in [-0.4, -0.2) is 57.5 Å². The summed E-state index contributed by atoms with van der Waals surface area (Å²) in [7, 11) is 0. The van der Waals surface area contributed by atoms with Crippen molar-refractivity contribution in [2.45, 2.75) is 6.42 Å². The minimum Gasteiger partial charge on any atom is -0.508 e. The first-order valence-electron chi connectivity index (χ1n) is 7.95. The molecule has 0 atom stereocenters. The number of phenols is 1. The Morgan fingerprint density at radius 3 is 1.52 bits per heavy atom. The van der Waals surface area contributed by atoms with Crippen molar-refractivity contribution in [1.82, 2.24) is 21.3 Å². The predicted octanol–water partition coefficient (Wildman–Crippen LogP) is 1.61. The van der Waals surface area contributed by atoms with Gasteiger partial charge in [-0.2, -0.15) is 0 Å². The highest BCUT2D eigenvalue weighted by molar-refractivity contribution is 5.86. The number of nitrogens with one attached hydrogen (secondary N) is 4. The van der Waals surface area contributed by atoms with E-state index in [0.717, 1.165) is 58.8 Å². The minimum atomic E-state index is 0. The van der Waals surface area contributed by atoms with Crippen LogP contribution in [0.4, 0.5) is 0 Å². The standard InChI is InChI=1S/C16H28N4O.4ClH/c21-16-3-1-14(2-4-16)11-15-12-19-9-7-17-5-6-18-8-10-20-13-15;;;;/h1-4,15,17-21H,5-13H2;4*1H. The molecule has 9 heteroatoms. The van der Waals surface area contributed by atoms with Crippen molar-refractivity contribution in [3.05, 3.63) is 29.8 Å². The SMILES string of the molecule is Cl.Cl.Cl.Cl.Oc1ccc(CC2CNCCNCCNCCNC2)cc1. The third-order valence-electron chi connectivity index (χ3n) is 3.76. The molecule has 0 saturated carbocycles. The molecular weight excluding hydrogens is 406 g/mol. The Balaban J connectivity index is -0.00000121. The fourth-order valence-electron chi connectivity index (χ4n) is 2.57. The van der Waals surface area contributed by atoms with E-state index in [0.29, 0.717) is 11.7 Å². The molecule has 1 heterocycles. The molecule has 5 N–H and O–H groups in total. The largest absolute Gasteiger partial charge is 0.508 e. The summed E-state index contributed by atoms with van der Waals surface area (Å²) < 4.78 is 0. The average molecular weight is 438 g/mol. The van der Waals surface area contributed by atoms with Gasteiger partial charge in [0.05, 0.1) is 0 Å². The number of hydrogen-bond acceptors (Lipinski definition) is 5. The van der Waals surface area contributed by atoms with Crippen LogP contribution in [0.1, 0.15) is 5.56 Å². The van der Waals surface area contributed by atoms with E-state index in [1.165, 1.54) is 5.56 Å². The number of hydrogen-bond donors (Lipinski definition) is 5. The summed E-state index contributed by atoms with van der Waals surface area (Å²) in [5.41, 5.74) is 1.28. The van der Waals surface area contributed by atoms with E-state index in [-0.39, 0.29) is 49.6 Å². The van der Waals surface area contributed by atoms with Crippen LogP contribution in [0.5, 0.6) is 5.75 Å². The molecule has 0 aliphatic carbocycles. The number of rotatable bonds is 2. The van der Waals surface area contributed by atoms with Crippen LogP contribution in [0, 0.1) is 5.92 Å². The van der Waals surface area contributed by atoms with Crippen molar-refractivity contribution in [3.63, 3.8) is 0 Å². The van der Waals surface area contributed by atoms with Crippen LogP contribution in [-0.2, 0) is 6.42 Å². The molecule has 0 amide bonds. The lowest BCUT2D eigenvalue weighted by atomic mass is 9.99. The Hall–Kier alpha value is 0.0200. The van der Waals surface area contributed by atoms with E-state index in [4.69, 9.17) is 0 Å². The molecule has 150 valence electrons. The zero-order valence-corrected chi connectivity index (χ0v) is 17.6. The second-order valence-electron chi connectivity index (χ2n) is 5.64. The second kappa shape index (κ2) is 18.8. The number of aromatic hydroxyl groups is 1. The van der Waals surface area contributed by atoms with Gasteiger partial charge in [0.2, 0.25) is 0 Å². The molecule has 1 saturated heterocycles. The van der Waals surface area contributed by atoms with Crippen molar-refractivity contribution in [1.29, 1.82) is 0 Å². The lowest BCUT2D eigenvalue weighted by Crippen LogP contribution is -2.36. The van der Waals surface area contributed by atoms with Crippen molar-refractivity contribution < 1.29 is 5.11 Å². The molecule has 1 aromatic rings. The van der Waals surface area contributed by atoms with E-state index in [1.54, 1.807) is 12.1 Å². The minimum absolute atomic E-state index is 0. The molecule has 0 unspecified atom stereocenters. The van der Waals surface area contributed by atoms with Gasteiger partial charge in [0.25, 0.3) is 0 Å². The maximum atomic E-state index is 9.36. The summed E-state index contributed by atoms with van der Waals surface area (Å²) in [6.45, 7) is 8.13. The molecule has 1 fully saturated rings. The van der Waals surface area contributed by atoms with Crippen LogP contribution >= 0.6 is 49.6 Å². The van der Waals surface area contributed by atoms with Gasteiger partial charge in [0.1, 0.15) is 5.75 Å². The Morgan fingerprint density at radius 1 is 0.680 bits per heavy atom. The summed E-state index contributed by atoms with van der Waals surface area (Å²) in [6, 6.07) is 7.56. The number of halogens is 4. The highest BCUT2D eigenvalue weighted by Gasteiger charge is 2.09. The van der Waals surface area contributed by atoms with Gasteiger partial charge in [0.15, 0.2) is 0 Å². The van der Waals surface area contributed by atoms with Crippen LogP contribution < -0.4 is 21.3 Å². The fraction of sp³-hybridized carbons (Fsp3) is 0.625. The Bertz CT molecular complexity index is 384. The van der Waals surface area contributed by atoms with Gasteiger partial charge in [-0.1, -0.05) is 12.1 Å². The molecule has 1 aliphatic rings. The fourth-order valence-corrected chi connectivity index (χ4v) is 2.57. The lowest BCUT2D eigenvalue weighted by molar-refractivity contribution is 0.440. The Kier molecular flexibility index (Phi) is 22.4. The van der Waals surface area contributed by atoms with E-state index in [2.05, 4.69) is 21.3 Å². The summed E-state index contributed by atoms with van der Waals surface area (Å²) in [5.74, 6) is 0.900. The predicted molar refractivity (Wildman–Crippen MR) is 116 cm³/mol. The van der Waals surface area contributed by atoms with Gasteiger partial charge in [-0.05, 0) is 43.1 Å². The molecule has 0 aromatic heterocycles. The van der Waals surface area contributed by atoms with E-state index >= 15 is 0 Å². The maximum Gasteiger partial charge on any atom is 0.115 e. The first-order chi connectivity index (χ1) is 10.3. The van der Waals surface area contributed by atoms with Gasteiger partial charge in [-0.3, -0.25) is 0 Å². The molecule has 1 aromatic carbocycles. The van der Waals surface area contributed by atoms with Crippen LogP contribution in [0.2, 0.25) is 0 Å². The summed E-state index contributed by atoms with van der Waals surface area (Å²) >= 11 is 0. The molecular formula is C16H32Cl4N4O. The topological polar surface area (TPSA) is 68.3 Å².